The van der Waals surface area contributed by atoms with Gasteiger partial charge >= 0.3 is 0 Å². The van der Waals surface area contributed by atoms with Gasteiger partial charge in [-0.25, -0.2) is 0 Å². The second-order valence-corrected chi connectivity index (χ2v) is 10.1. The van der Waals surface area contributed by atoms with Crippen molar-refractivity contribution in [2.45, 2.75) is 17.9 Å². The first-order valence-corrected chi connectivity index (χ1v) is 13.2. The molecule has 2 aromatic heterocycles. The molecule has 2 aromatic rings. The Balaban J connectivity index is 1.30. The molecule has 0 amide bonds. The van der Waals surface area contributed by atoms with Crippen LogP contribution in [0.5, 0.6) is 0 Å². The molecule has 0 fully saturated rings. The highest BCUT2D eigenvalue weighted by molar-refractivity contribution is 8.03. The maximum atomic E-state index is 4.05. The molecule has 6 heteroatoms. The highest BCUT2D eigenvalue weighted by Gasteiger charge is 1.96. The highest BCUT2D eigenvalue weighted by atomic mass is 32.2. The van der Waals surface area contributed by atoms with Gasteiger partial charge in [-0.15, -0.1) is 0 Å². The van der Waals surface area contributed by atoms with Crippen LogP contribution < -0.4 is 0 Å². The van der Waals surface area contributed by atoms with Gasteiger partial charge in [0.15, 0.2) is 0 Å². The van der Waals surface area contributed by atoms with Crippen LogP contribution in [0, 0.1) is 0 Å². The van der Waals surface area contributed by atoms with Crippen molar-refractivity contribution < 1.29 is 0 Å². The van der Waals surface area contributed by atoms with Crippen molar-refractivity contribution in [3.05, 3.63) is 60.2 Å². The lowest BCUT2D eigenvalue weighted by atomic mass is 10.3. The number of pyridine rings is 2. The predicted octanol–water partition coefficient (Wildman–Crippen LogP) is 5.50. The highest BCUT2D eigenvalue weighted by Crippen LogP contribution is 2.16. The maximum Gasteiger partial charge on any atom is 0.0270 e. The van der Waals surface area contributed by atoms with E-state index in [0.29, 0.717) is 0 Å². The van der Waals surface area contributed by atoms with E-state index in [1.54, 1.807) is 0 Å². The first-order valence-electron chi connectivity index (χ1n) is 8.54. The Labute approximate surface area is 169 Å². The molecule has 0 spiro atoms. The van der Waals surface area contributed by atoms with E-state index in [1.807, 2.05) is 48.3 Å². The second-order valence-electron chi connectivity index (χ2n) is 5.39. The van der Waals surface area contributed by atoms with Crippen molar-refractivity contribution in [1.82, 2.24) is 9.97 Å². The molecule has 0 aliphatic carbocycles. The molecule has 0 atom stereocenters. The summed E-state index contributed by atoms with van der Waals surface area (Å²) in [4.78, 5) is 8.10. The van der Waals surface area contributed by atoms with Crippen LogP contribution in [-0.4, -0.2) is 44.5 Å². The fourth-order valence-electron chi connectivity index (χ4n) is 2.04. The first kappa shape index (κ1) is 21.0. The van der Waals surface area contributed by atoms with E-state index >= 15 is 0 Å². The fourth-order valence-corrected chi connectivity index (χ4v) is 6.36. The van der Waals surface area contributed by atoms with E-state index in [4.69, 9.17) is 0 Å². The molecule has 0 bridgehead atoms. The summed E-state index contributed by atoms with van der Waals surface area (Å²) >= 11 is 8.24. The van der Waals surface area contributed by atoms with Gasteiger partial charge in [0.2, 0.25) is 0 Å². The molecule has 136 valence electrons. The van der Waals surface area contributed by atoms with Crippen LogP contribution >= 0.6 is 47.0 Å². The van der Waals surface area contributed by atoms with Gasteiger partial charge in [0, 0.05) is 59.3 Å². The Bertz CT molecular complexity index is 490. The molecule has 0 unspecified atom stereocenters. The Hall–Kier alpha value is -0.300. The lowest BCUT2D eigenvalue weighted by molar-refractivity contribution is 1.12. The van der Waals surface area contributed by atoms with E-state index in [1.165, 1.54) is 52.1 Å². The van der Waals surface area contributed by atoms with E-state index in [9.17, 15) is 0 Å². The van der Waals surface area contributed by atoms with Crippen LogP contribution in [-0.2, 0) is 11.5 Å². The van der Waals surface area contributed by atoms with Crippen molar-refractivity contribution in [1.29, 1.82) is 0 Å². The van der Waals surface area contributed by atoms with Crippen LogP contribution in [0.1, 0.15) is 17.5 Å². The van der Waals surface area contributed by atoms with Crippen molar-refractivity contribution in [3.8, 4) is 0 Å². The van der Waals surface area contributed by atoms with Crippen LogP contribution in [0.4, 0.5) is 0 Å². The third-order valence-electron chi connectivity index (χ3n) is 3.36. The zero-order valence-corrected chi connectivity index (χ0v) is 17.8. The molecule has 0 saturated carbocycles. The van der Waals surface area contributed by atoms with Crippen molar-refractivity contribution in [3.63, 3.8) is 0 Å². The third-order valence-corrected chi connectivity index (χ3v) is 8.08. The summed E-state index contributed by atoms with van der Waals surface area (Å²) in [6, 6.07) is 8.42. The molecule has 0 saturated heterocycles. The molecule has 0 N–H and O–H groups in total. The SMILES string of the molecule is c1cc(CSCCSCCCSCCSCc2ccncc2)ccn1. The summed E-state index contributed by atoms with van der Waals surface area (Å²) in [5.41, 5.74) is 2.76. The summed E-state index contributed by atoms with van der Waals surface area (Å²) in [7, 11) is 0. The van der Waals surface area contributed by atoms with Crippen molar-refractivity contribution in [2.75, 3.05) is 34.5 Å². The number of aromatic nitrogens is 2. The van der Waals surface area contributed by atoms with Gasteiger partial charge in [0.05, 0.1) is 0 Å². The minimum absolute atomic E-state index is 1.11. The number of hydrogen-bond donors (Lipinski definition) is 0. The van der Waals surface area contributed by atoms with Crippen LogP contribution in [0.15, 0.2) is 49.1 Å². The summed E-state index contributed by atoms with van der Waals surface area (Å²) in [5, 5.41) is 0. The molecule has 0 aliphatic rings. The molecule has 2 rings (SSSR count). The Morgan fingerprint density at radius 2 is 0.920 bits per heavy atom. The normalized spacial score (nSPS) is 10.9. The lowest BCUT2D eigenvalue weighted by Crippen LogP contribution is -1.92. The summed E-state index contributed by atoms with van der Waals surface area (Å²) < 4.78 is 0. The molecular weight excluding hydrogens is 384 g/mol. The standard InChI is InChI=1S/C19H26N2S4/c1(10-22-12-14-24-16-18-2-6-20-7-3-18)11-23-13-15-25-17-19-4-8-21-9-5-19/h2-9H,1,10-17H2. The molecule has 25 heavy (non-hydrogen) atoms. The fraction of sp³-hybridized carbons (Fsp3) is 0.474. The van der Waals surface area contributed by atoms with Crippen molar-refractivity contribution in [2.24, 2.45) is 0 Å². The summed E-state index contributed by atoms with van der Waals surface area (Å²) in [6.07, 6.45) is 8.83. The number of rotatable bonds is 14. The summed E-state index contributed by atoms with van der Waals surface area (Å²) in [6.45, 7) is 0. The van der Waals surface area contributed by atoms with Gasteiger partial charge < -0.3 is 0 Å². The Kier molecular flexibility index (Phi) is 12.5. The number of thioether (sulfide) groups is 4. The minimum atomic E-state index is 1.11. The number of hydrogen-bond acceptors (Lipinski definition) is 6. The van der Waals surface area contributed by atoms with Gasteiger partial charge in [-0.05, 0) is 53.3 Å². The van der Waals surface area contributed by atoms with E-state index in [0.717, 1.165) is 11.5 Å². The quantitative estimate of drug-likeness (QED) is 0.382. The summed E-state index contributed by atoms with van der Waals surface area (Å²) in [5.74, 6) is 9.83. The monoisotopic (exact) mass is 410 g/mol. The van der Waals surface area contributed by atoms with Crippen LogP contribution in [0.25, 0.3) is 0 Å². The smallest absolute Gasteiger partial charge is 0.0270 e. The zero-order valence-electron chi connectivity index (χ0n) is 14.5. The topological polar surface area (TPSA) is 25.8 Å². The Morgan fingerprint density at radius 1 is 0.520 bits per heavy atom. The number of nitrogens with zero attached hydrogens (tertiary/aromatic N) is 2. The molecular formula is C19H26N2S4. The van der Waals surface area contributed by atoms with Gasteiger partial charge in [0.25, 0.3) is 0 Å². The average Bonchev–Trinajstić information content (AvgIpc) is 2.67. The maximum absolute atomic E-state index is 4.05. The molecule has 0 aromatic carbocycles. The predicted molar refractivity (Wildman–Crippen MR) is 120 cm³/mol. The van der Waals surface area contributed by atoms with Crippen LogP contribution in [0.2, 0.25) is 0 Å². The van der Waals surface area contributed by atoms with Crippen LogP contribution in [0.3, 0.4) is 0 Å². The minimum Gasteiger partial charge on any atom is -0.265 e. The Morgan fingerprint density at radius 3 is 1.36 bits per heavy atom. The second kappa shape index (κ2) is 14.8. The molecule has 0 radical (unpaired) electrons. The van der Waals surface area contributed by atoms with Crippen molar-refractivity contribution >= 4 is 47.0 Å². The third kappa shape index (κ3) is 11.1. The van der Waals surface area contributed by atoms with E-state index < -0.39 is 0 Å². The first-order chi connectivity index (χ1) is 12.4. The molecule has 2 heterocycles. The van der Waals surface area contributed by atoms with E-state index in [-0.39, 0.29) is 0 Å². The van der Waals surface area contributed by atoms with Gasteiger partial charge in [-0.2, -0.15) is 47.0 Å². The lowest BCUT2D eigenvalue weighted by Gasteiger charge is -2.04. The van der Waals surface area contributed by atoms with Gasteiger partial charge in [-0.1, -0.05) is 0 Å². The zero-order chi connectivity index (χ0) is 17.4. The van der Waals surface area contributed by atoms with Gasteiger partial charge in [0.1, 0.15) is 0 Å². The average molecular weight is 411 g/mol. The van der Waals surface area contributed by atoms with Gasteiger partial charge in [-0.3, -0.25) is 9.97 Å². The van der Waals surface area contributed by atoms with E-state index in [2.05, 4.69) is 57.8 Å². The molecule has 2 nitrogen and oxygen atoms in total. The molecule has 0 aliphatic heterocycles. The largest absolute Gasteiger partial charge is 0.265 e.